The maximum Gasteiger partial charge on any atom is 0.306 e. The number of carbonyl (C=O) groups is 3. The summed E-state index contributed by atoms with van der Waals surface area (Å²) in [5.74, 6) is -0.967. The van der Waals surface area contributed by atoms with E-state index in [2.05, 4.69) is 167 Å². The number of esters is 3. The van der Waals surface area contributed by atoms with Gasteiger partial charge in [0.1, 0.15) is 13.2 Å². The van der Waals surface area contributed by atoms with Crippen molar-refractivity contribution in [1.29, 1.82) is 0 Å². The minimum atomic E-state index is -0.813. The number of ether oxygens (including phenoxy) is 3. The van der Waals surface area contributed by atoms with Crippen molar-refractivity contribution in [3.05, 3.63) is 146 Å². The molecule has 0 N–H and O–H groups in total. The summed E-state index contributed by atoms with van der Waals surface area (Å²) >= 11 is 0. The highest BCUT2D eigenvalue weighted by atomic mass is 16.6. The van der Waals surface area contributed by atoms with E-state index < -0.39 is 6.10 Å². The van der Waals surface area contributed by atoms with Crippen LogP contribution in [0.1, 0.15) is 278 Å². The predicted molar refractivity (Wildman–Crippen MR) is 343 cm³/mol. The average molecular weight is 1090 g/mol. The number of hydrogen-bond acceptors (Lipinski definition) is 6. The average Bonchev–Trinajstić information content (AvgIpc) is 3.45. The lowest BCUT2D eigenvalue weighted by Gasteiger charge is -2.18. The Hall–Kier alpha value is -4.71. The van der Waals surface area contributed by atoms with Crippen LogP contribution in [-0.4, -0.2) is 37.2 Å². The lowest BCUT2D eigenvalue weighted by atomic mass is 10.0. The van der Waals surface area contributed by atoms with E-state index in [4.69, 9.17) is 14.2 Å². The molecule has 1 atom stereocenters. The molecule has 0 aromatic rings. The fourth-order valence-electron chi connectivity index (χ4n) is 8.58. The molecular formula is C73H118O6. The Kier molecular flexibility index (Phi) is 61.9. The lowest BCUT2D eigenvalue weighted by molar-refractivity contribution is -0.167. The van der Waals surface area contributed by atoms with Gasteiger partial charge in [-0.15, -0.1) is 0 Å². The van der Waals surface area contributed by atoms with Crippen molar-refractivity contribution in [2.24, 2.45) is 0 Å². The van der Waals surface area contributed by atoms with Crippen LogP contribution in [0.15, 0.2) is 146 Å². The monoisotopic (exact) mass is 1090 g/mol. The summed E-state index contributed by atoms with van der Waals surface area (Å²) in [5.41, 5.74) is 0. The first-order valence-electron chi connectivity index (χ1n) is 32.3. The molecule has 1 unspecified atom stereocenters. The predicted octanol–water partition coefficient (Wildman–Crippen LogP) is 22.3. The van der Waals surface area contributed by atoms with Crippen LogP contribution in [0, 0.1) is 0 Å². The fraction of sp³-hybridized carbons (Fsp3) is 0.630. The molecule has 0 aromatic heterocycles. The van der Waals surface area contributed by atoms with E-state index >= 15 is 0 Å². The minimum absolute atomic E-state index is 0.104. The van der Waals surface area contributed by atoms with Crippen LogP contribution in [0.2, 0.25) is 0 Å². The van der Waals surface area contributed by atoms with Crippen LogP contribution in [0.5, 0.6) is 0 Å². The fourth-order valence-corrected chi connectivity index (χ4v) is 8.58. The van der Waals surface area contributed by atoms with Crippen molar-refractivity contribution in [3.63, 3.8) is 0 Å². The molecule has 79 heavy (non-hydrogen) atoms. The molecule has 446 valence electrons. The number of allylic oxidation sites excluding steroid dienone is 24. The van der Waals surface area contributed by atoms with Gasteiger partial charge in [0.15, 0.2) is 6.10 Å². The molecule has 0 aliphatic heterocycles. The van der Waals surface area contributed by atoms with Gasteiger partial charge < -0.3 is 14.2 Å². The topological polar surface area (TPSA) is 78.9 Å². The van der Waals surface area contributed by atoms with Gasteiger partial charge in [-0.2, -0.15) is 0 Å². The molecule has 0 amide bonds. The van der Waals surface area contributed by atoms with Crippen LogP contribution < -0.4 is 0 Å². The second-order valence-electron chi connectivity index (χ2n) is 20.9. The Labute approximate surface area is 487 Å². The highest BCUT2D eigenvalue weighted by molar-refractivity contribution is 5.71. The van der Waals surface area contributed by atoms with Crippen LogP contribution in [-0.2, 0) is 28.6 Å². The van der Waals surface area contributed by atoms with Gasteiger partial charge in [0.25, 0.3) is 0 Å². The molecule has 0 heterocycles. The molecule has 0 fully saturated rings. The quantitative estimate of drug-likeness (QED) is 0.0261. The van der Waals surface area contributed by atoms with Crippen LogP contribution in [0.25, 0.3) is 0 Å². The van der Waals surface area contributed by atoms with E-state index in [0.717, 1.165) is 122 Å². The zero-order chi connectivity index (χ0) is 57.1. The number of rotatable bonds is 57. The molecule has 6 nitrogen and oxygen atoms in total. The summed E-state index contributed by atoms with van der Waals surface area (Å²) < 4.78 is 16.8. The second kappa shape index (κ2) is 65.8. The molecule has 0 bridgehead atoms. The van der Waals surface area contributed by atoms with Gasteiger partial charge in [-0.3, -0.25) is 14.4 Å². The molecular weight excluding hydrogens is 973 g/mol. The zero-order valence-corrected chi connectivity index (χ0v) is 51.1. The third kappa shape index (κ3) is 64.0. The van der Waals surface area contributed by atoms with Crippen LogP contribution in [0.4, 0.5) is 0 Å². The van der Waals surface area contributed by atoms with E-state index in [9.17, 15) is 14.4 Å². The van der Waals surface area contributed by atoms with E-state index in [1.54, 1.807) is 0 Å². The van der Waals surface area contributed by atoms with Crippen molar-refractivity contribution >= 4 is 17.9 Å². The molecule has 0 spiro atoms. The van der Waals surface area contributed by atoms with E-state index in [-0.39, 0.29) is 37.5 Å². The third-order valence-electron chi connectivity index (χ3n) is 13.3. The second-order valence-corrected chi connectivity index (χ2v) is 20.9. The van der Waals surface area contributed by atoms with Gasteiger partial charge in [-0.25, -0.2) is 0 Å². The molecule has 0 radical (unpaired) electrons. The van der Waals surface area contributed by atoms with E-state index in [1.165, 1.54) is 109 Å². The zero-order valence-electron chi connectivity index (χ0n) is 51.1. The third-order valence-corrected chi connectivity index (χ3v) is 13.3. The summed E-state index contributed by atoms with van der Waals surface area (Å²) in [6, 6.07) is 0. The first-order valence-corrected chi connectivity index (χ1v) is 32.3. The summed E-state index contributed by atoms with van der Waals surface area (Å²) in [6.07, 6.45) is 94.4. The smallest absolute Gasteiger partial charge is 0.306 e. The highest BCUT2D eigenvalue weighted by Crippen LogP contribution is 2.15. The Morgan fingerprint density at radius 2 is 0.506 bits per heavy atom. The SMILES string of the molecule is CC/C=C\C/C=C\C/C=C\C/C=C\C/C=C\C/C=C\C/C=C\CCCC(=O)OC(COC(=O)CCCCCCCCCCC)COC(=O)CCCCCCCCCCCCCCC/C=C\C/C=C\C/C=C\C/C=C\C/C=C\CC. The maximum absolute atomic E-state index is 12.9. The number of hydrogen-bond donors (Lipinski definition) is 0. The van der Waals surface area contributed by atoms with Crippen molar-refractivity contribution in [3.8, 4) is 0 Å². The molecule has 0 aliphatic rings. The van der Waals surface area contributed by atoms with Gasteiger partial charge in [0.05, 0.1) is 0 Å². The van der Waals surface area contributed by atoms with Gasteiger partial charge in [-0.05, 0) is 116 Å². The number of carbonyl (C=O) groups excluding carboxylic acids is 3. The first kappa shape index (κ1) is 74.3. The van der Waals surface area contributed by atoms with E-state index in [0.29, 0.717) is 19.3 Å². The Morgan fingerprint density at radius 3 is 0.810 bits per heavy atom. The summed E-state index contributed by atoms with van der Waals surface area (Å²) in [4.78, 5) is 38.2. The molecule has 0 aliphatic carbocycles. The van der Waals surface area contributed by atoms with Crippen molar-refractivity contribution in [2.45, 2.75) is 284 Å². The molecule has 0 rings (SSSR count). The summed E-state index contributed by atoms with van der Waals surface area (Å²) in [7, 11) is 0. The highest BCUT2D eigenvalue weighted by Gasteiger charge is 2.19. The van der Waals surface area contributed by atoms with Crippen molar-refractivity contribution in [2.75, 3.05) is 13.2 Å². The Bertz CT molecular complexity index is 1730. The van der Waals surface area contributed by atoms with Gasteiger partial charge in [-0.1, -0.05) is 289 Å². The largest absolute Gasteiger partial charge is 0.462 e. The van der Waals surface area contributed by atoms with Crippen molar-refractivity contribution < 1.29 is 28.6 Å². The van der Waals surface area contributed by atoms with E-state index in [1.807, 2.05) is 0 Å². The summed E-state index contributed by atoms with van der Waals surface area (Å²) in [5, 5.41) is 0. The van der Waals surface area contributed by atoms with Gasteiger partial charge >= 0.3 is 17.9 Å². The van der Waals surface area contributed by atoms with Gasteiger partial charge in [0.2, 0.25) is 0 Å². The maximum atomic E-state index is 12.9. The van der Waals surface area contributed by atoms with Crippen molar-refractivity contribution in [1.82, 2.24) is 0 Å². The van der Waals surface area contributed by atoms with Crippen LogP contribution in [0.3, 0.4) is 0 Å². The van der Waals surface area contributed by atoms with Gasteiger partial charge in [0, 0.05) is 19.3 Å². The molecule has 0 aromatic carbocycles. The molecule has 0 saturated carbocycles. The Balaban J connectivity index is 4.30. The summed E-state index contributed by atoms with van der Waals surface area (Å²) in [6.45, 7) is 6.35. The van der Waals surface area contributed by atoms with Crippen LogP contribution >= 0.6 is 0 Å². The number of unbranched alkanes of at least 4 members (excludes halogenated alkanes) is 22. The minimum Gasteiger partial charge on any atom is -0.462 e. The normalized spacial score (nSPS) is 13.1. The standard InChI is InChI=1S/C73H118O6/c1-4-7-10-13-16-19-21-23-25-27-29-31-33-34-35-36-37-38-40-41-43-45-47-49-51-54-57-60-63-66-72(75)78-69-70(68-77-71(74)65-62-59-56-53-18-15-12-9-6-3)79-73(76)67-64-61-58-55-52-50-48-46-44-42-39-32-30-28-26-24-22-20-17-14-11-8-5-2/h7-8,10-11,16-17,19-20,23-26,29-32,34-35,42,44,48,50,55,58,70H,4-6,9,12-15,18,21-22,27-28,33,36-41,43,45-47,49,51-54,56-57,59-69H2,1-3H3/b10-7-,11-8-,19-16-,20-17-,25-23-,26-24-,31-29-,32-30-,35-34-,44-42-,50-48-,58-55-. The lowest BCUT2D eigenvalue weighted by Crippen LogP contribution is -2.30. The molecule has 0 saturated heterocycles. The molecule has 6 heteroatoms. The Morgan fingerprint density at radius 1 is 0.266 bits per heavy atom. The first-order chi connectivity index (χ1) is 39.0.